The summed E-state index contributed by atoms with van der Waals surface area (Å²) in [6, 6.07) is 12.0. The molecule has 3 heterocycles. The Labute approximate surface area is 182 Å². The monoisotopic (exact) mass is 427 g/mol. The van der Waals surface area contributed by atoms with Gasteiger partial charge in [-0.1, -0.05) is 24.3 Å². The van der Waals surface area contributed by atoms with Gasteiger partial charge in [0.1, 0.15) is 0 Å². The van der Waals surface area contributed by atoms with Crippen molar-refractivity contribution in [2.75, 3.05) is 51.3 Å². The average Bonchev–Trinajstić information content (AvgIpc) is 3.34. The molecule has 4 rings (SSSR count). The molecule has 2 aliphatic heterocycles. The van der Waals surface area contributed by atoms with Crippen molar-refractivity contribution in [3.63, 3.8) is 0 Å². The lowest BCUT2D eigenvalue weighted by molar-refractivity contribution is -0.136. The number of nitrogens with zero attached hydrogens (tertiary/aromatic N) is 3. The second-order valence-corrected chi connectivity index (χ2v) is 8.94. The van der Waals surface area contributed by atoms with Crippen molar-refractivity contribution in [3.05, 3.63) is 52.2 Å². The summed E-state index contributed by atoms with van der Waals surface area (Å²) in [5, 5.41) is 1.92. The van der Waals surface area contributed by atoms with Crippen molar-refractivity contribution in [1.82, 2.24) is 9.80 Å². The summed E-state index contributed by atoms with van der Waals surface area (Å²) in [6.07, 6.45) is 1.70. The molecule has 2 fully saturated rings. The zero-order chi connectivity index (χ0) is 20.9. The van der Waals surface area contributed by atoms with Crippen LogP contribution < -0.4 is 4.90 Å². The first-order valence-corrected chi connectivity index (χ1v) is 11.5. The SMILES string of the molecule is CN(Cc1ccccc1N1CCOCC1)C(=O)C1CCCN(C(=O)c2cccs2)C1. The number of anilines is 1. The molecule has 30 heavy (non-hydrogen) atoms. The Bertz CT molecular complexity index is 864. The smallest absolute Gasteiger partial charge is 0.263 e. The van der Waals surface area contributed by atoms with Crippen molar-refractivity contribution in [1.29, 1.82) is 0 Å². The Kier molecular flexibility index (Phi) is 6.69. The molecular weight excluding hydrogens is 398 g/mol. The van der Waals surface area contributed by atoms with Gasteiger partial charge >= 0.3 is 0 Å². The number of para-hydroxylation sites is 1. The van der Waals surface area contributed by atoms with Crippen LogP contribution in [-0.2, 0) is 16.1 Å². The van der Waals surface area contributed by atoms with Crippen LogP contribution in [0.15, 0.2) is 41.8 Å². The summed E-state index contributed by atoms with van der Waals surface area (Å²) < 4.78 is 5.48. The third-order valence-corrected chi connectivity index (χ3v) is 6.77. The molecule has 7 heteroatoms. The largest absolute Gasteiger partial charge is 0.378 e. The van der Waals surface area contributed by atoms with Gasteiger partial charge in [0.15, 0.2) is 0 Å². The van der Waals surface area contributed by atoms with Crippen molar-refractivity contribution >= 4 is 28.8 Å². The number of likely N-dealkylation sites (tertiary alicyclic amines) is 1. The molecule has 2 amide bonds. The van der Waals surface area contributed by atoms with Gasteiger partial charge < -0.3 is 19.4 Å². The second-order valence-electron chi connectivity index (χ2n) is 7.99. The van der Waals surface area contributed by atoms with Gasteiger partial charge in [-0.2, -0.15) is 0 Å². The number of amides is 2. The summed E-state index contributed by atoms with van der Waals surface area (Å²) >= 11 is 1.46. The van der Waals surface area contributed by atoms with Crippen LogP contribution in [0.5, 0.6) is 0 Å². The minimum Gasteiger partial charge on any atom is -0.378 e. The highest BCUT2D eigenvalue weighted by Gasteiger charge is 2.31. The van der Waals surface area contributed by atoms with Crippen LogP contribution in [0.3, 0.4) is 0 Å². The fraction of sp³-hybridized carbons (Fsp3) is 0.478. The third kappa shape index (κ3) is 4.68. The molecule has 0 saturated carbocycles. The number of carbonyl (C=O) groups is 2. The van der Waals surface area contributed by atoms with Gasteiger partial charge in [0.25, 0.3) is 5.91 Å². The Morgan fingerprint density at radius 1 is 1.13 bits per heavy atom. The number of rotatable bonds is 5. The van der Waals surface area contributed by atoms with Crippen LogP contribution in [-0.4, -0.2) is 68.1 Å². The van der Waals surface area contributed by atoms with E-state index in [4.69, 9.17) is 4.74 Å². The molecule has 2 aliphatic rings. The molecule has 1 aromatic heterocycles. The molecule has 0 spiro atoms. The molecule has 0 N–H and O–H groups in total. The van der Waals surface area contributed by atoms with Crippen LogP contribution in [0.25, 0.3) is 0 Å². The van der Waals surface area contributed by atoms with Crippen molar-refractivity contribution in [2.45, 2.75) is 19.4 Å². The van der Waals surface area contributed by atoms with Crippen LogP contribution in [0.2, 0.25) is 0 Å². The number of morpholine rings is 1. The highest BCUT2D eigenvalue weighted by molar-refractivity contribution is 7.12. The van der Waals surface area contributed by atoms with Crippen molar-refractivity contribution in [2.24, 2.45) is 5.92 Å². The molecule has 2 aromatic rings. The summed E-state index contributed by atoms with van der Waals surface area (Å²) in [5.74, 6) is 0.0292. The molecule has 160 valence electrons. The van der Waals surface area contributed by atoms with Crippen LogP contribution in [0, 0.1) is 5.92 Å². The third-order valence-electron chi connectivity index (χ3n) is 5.92. The lowest BCUT2D eigenvalue weighted by Gasteiger charge is -2.35. The van der Waals surface area contributed by atoms with Gasteiger partial charge in [-0.05, 0) is 35.9 Å². The lowest BCUT2D eigenvalue weighted by atomic mass is 9.96. The fourth-order valence-electron chi connectivity index (χ4n) is 4.32. The number of benzene rings is 1. The Morgan fingerprint density at radius 3 is 2.70 bits per heavy atom. The van der Waals surface area contributed by atoms with Gasteiger partial charge in [0.05, 0.1) is 24.0 Å². The van der Waals surface area contributed by atoms with E-state index in [1.165, 1.54) is 17.0 Å². The zero-order valence-corrected chi connectivity index (χ0v) is 18.3. The van der Waals surface area contributed by atoms with Crippen LogP contribution >= 0.6 is 11.3 Å². The minimum absolute atomic E-state index is 0.0443. The number of ether oxygens (including phenoxy) is 1. The van der Waals surface area contributed by atoms with Crippen LogP contribution in [0.4, 0.5) is 5.69 Å². The first kappa shape index (κ1) is 20.9. The average molecular weight is 428 g/mol. The van der Waals surface area contributed by atoms with E-state index in [-0.39, 0.29) is 17.7 Å². The normalized spacial score (nSPS) is 19.6. The maximum atomic E-state index is 13.2. The van der Waals surface area contributed by atoms with E-state index in [1.807, 2.05) is 46.5 Å². The number of carbonyl (C=O) groups excluding carboxylic acids is 2. The van der Waals surface area contributed by atoms with Crippen LogP contribution in [0.1, 0.15) is 28.1 Å². The van der Waals surface area contributed by atoms with E-state index >= 15 is 0 Å². The van der Waals surface area contributed by atoms with E-state index in [0.29, 0.717) is 13.1 Å². The number of hydrogen-bond acceptors (Lipinski definition) is 5. The van der Waals surface area contributed by atoms with Gasteiger partial charge in [0, 0.05) is 45.5 Å². The second kappa shape index (κ2) is 9.62. The lowest BCUT2D eigenvalue weighted by Crippen LogP contribution is -2.45. The Morgan fingerprint density at radius 2 is 1.93 bits per heavy atom. The minimum atomic E-state index is -0.136. The number of thiophene rings is 1. The highest BCUT2D eigenvalue weighted by Crippen LogP contribution is 2.25. The predicted octanol–water partition coefficient (Wildman–Crippen LogP) is 3.10. The van der Waals surface area contributed by atoms with Gasteiger partial charge in [0.2, 0.25) is 5.91 Å². The fourth-order valence-corrected chi connectivity index (χ4v) is 5.01. The first-order chi connectivity index (χ1) is 14.6. The van der Waals surface area contributed by atoms with E-state index in [2.05, 4.69) is 17.0 Å². The maximum Gasteiger partial charge on any atom is 0.263 e. The van der Waals surface area contributed by atoms with E-state index in [1.54, 1.807) is 0 Å². The Hall–Kier alpha value is -2.38. The first-order valence-electron chi connectivity index (χ1n) is 10.6. The molecule has 0 bridgehead atoms. The van der Waals surface area contributed by atoms with Crippen molar-refractivity contribution < 1.29 is 14.3 Å². The highest BCUT2D eigenvalue weighted by atomic mass is 32.1. The number of hydrogen-bond donors (Lipinski definition) is 0. The topological polar surface area (TPSA) is 53.1 Å². The molecule has 0 aliphatic carbocycles. The zero-order valence-electron chi connectivity index (χ0n) is 17.5. The molecule has 1 unspecified atom stereocenters. The van der Waals surface area contributed by atoms with E-state index in [0.717, 1.165) is 56.1 Å². The standard InChI is InChI=1S/C23H29N3O3S/c1-24(16-18-6-2-3-8-20(18)25-11-13-29-14-12-25)22(27)19-7-4-10-26(17-19)23(28)21-9-5-15-30-21/h2-3,5-6,8-9,15,19H,4,7,10-14,16-17H2,1H3. The molecule has 1 atom stereocenters. The quantitative estimate of drug-likeness (QED) is 0.736. The molecule has 2 saturated heterocycles. The van der Waals surface area contributed by atoms with Gasteiger partial charge in [-0.15, -0.1) is 11.3 Å². The summed E-state index contributed by atoms with van der Waals surface area (Å²) in [5.41, 5.74) is 2.33. The summed E-state index contributed by atoms with van der Waals surface area (Å²) in [6.45, 7) is 5.02. The van der Waals surface area contributed by atoms with Gasteiger partial charge in [-0.3, -0.25) is 9.59 Å². The Balaban J connectivity index is 1.41. The molecule has 1 aromatic carbocycles. The van der Waals surface area contributed by atoms with E-state index in [9.17, 15) is 9.59 Å². The predicted molar refractivity (Wildman–Crippen MR) is 119 cm³/mol. The van der Waals surface area contributed by atoms with Crippen molar-refractivity contribution in [3.8, 4) is 0 Å². The maximum absolute atomic E-state index is 13.2. The van der Waals surface area contributed by atoms with E-state index < -0.39 is 0 Å². The molecule has 6 nitrogen and oxygen atoms in total. The summed E-state index contributed by atoms with van der Waals surface area (Å²) in [7, 11) is 1.87. The summed E-state index contributed by atoms with van der Waals surface area (Å²) in [4.78, 5) is 32.6. The molecule has 0 radical (unpaired) electrons. The molecular formula is C23H29N3O3S. The number of piperidine rings is 1. The van der Waals surface area contributed by atoms with Gasteiger partial charge in [-0.25, -0.2) is 0 Å².